The Morgan fingerprint density at radius 1 is 1.18 bits per heavy atom. The number of hydrogen-bond acceptors (Lipinski definition) is 9. The van der Waals surface area contributed by atoms with E-state index in [0.29, 0.717) is 52.1 Å². The van der Waals surface area contributed by atoms with Gasteiger partial charge in [0.15, 0.2) is 12.3 Å². The first kappa shape index (κ1) is 29.6. The number of pyridine rings is 1. The molecule has 4 aromatic rings. The van der Waals surface area contributed by atoms with Crippen LogP contribution < -0.4 is 9.64 Å². The van der Waals surface area contributed by atoms with E-state index in [1.54, 1.807) is 4.90 Å². The number of nitriles is 1. The van der Waals surface area contributed by atoms with Crippen molar-refractivity contribution in [3.05, 3.63) is 58.9 Å². The Balaban J connectivity index is 1.29. The molecule has 45 heavy (non-hydrogen) atoms. The van der Waals surface area contributed by atoms with E-state index >= 15 is 0 Å². The Bertz CT molecular complexity index is 1800. The molecule has 0 N–H and O–H groups in total. The molecular formula is C33H35ClN8O3. The molecule has 3 aromatic heterocycles. The number of aromatic nitrogens is 5. The second kappa shape index (κ2) is 12.0. The molecule has 1 amide bonds. The molecule has 3 aliphatic heterocycles. The maximum absolute atomic E-state index is 12.9. The van der Waals surface area contributed by atoms with E-state index in [1.807, 2.05) is 24.4 Å². The zero-order chi connectivity index (χ0) is 31.2. The second-order valence-electron chi connectivity index (χ2n) is 12.6. The van der Waals surface area contributed by atoms with Gasteiger partial charge in [-0.1, -0.05) is 38.4 Å². The van der Waals surface area contributed by atoms with Crippen LogP contribution in [0.5, 0.6) is 5.75 Å². The summed E-state index contributed by atoms with van der Waals surface area (Å²) in [6.45, 7) is 10.2. The third kappa shape index (κ3) is 5.52. The van der Waals surface area contributed by atoms with Gasteiger partial charge in [-0.2, -0.15) is 10.4 Å². The molecule has 1 aromatic carbocycles. The van der Waals surface area contributed by atoms with E-state index in [0.717, 1.165) is 60.6 Å². The van der Waals surface area contributed by atoms with Crippen LogP contribution in [0.4, 0.5) is 5.69 Å². The molecule has 12 heteroatoms. The molecule has 0 radical (unpaired) electrons. The highest BCUT2D eigenvalue weighted by Crippen LogP contribution is 2.41. The number of benzene rings is 1. The summed E-state index contributed by atoms with van der Waals surface area (Å²) < 4.78 is 13.5. The van der Waals surface area contributed by atoms with Crippen LogP contribution in [0.3, 0.4) is 0 Å². The van der Waals surface area contributed by atoms with Crippen molar-refractivity contribution < 1.29 is 14.3 Å². The van der Waals surface area contributed by atoms with Gasteiger partial charge in [-0.15, -0.1) is 0 Å². The van der Waals surface area contributed by atoms with Crippen molar-refractivity contribution in [1.82, 2.24) is 29.6 Å². The number of carbonyl (C=O) groups excluding carboxylic acids is 1. The van der Waals surface area contributed by atoms with Crippen molar-refractivity contribution in [1.29, 1.82) is 5.26 Å². The molecule has 0 spiro atoms. The molecule has 6 heterocycles. The Morgan fingerprint density at radius 2 is 1.98 bits per heavy atom. The number of halogens is 1. The predicted octanol–water partition coefficient (Wildman–Crippen LogP) is 4.82. The van der Waals surface area contributed by atoms with Gasteiger partial charge in [0.25, 0.3) is 5.91 Å². The van der Waals surface area contributed by atoms with E-state index in [2.05, 4.69) is 46.4 Å². The Hall–Kier alpha value is -4.11. The maximum Gasteiger partial charge on any atom is 0.265 e. The number of nitrogens with zero attached hydrogens (tertiary/aromatic N) is 8. The summed E-state index contributed by atoms with van der Waals surface area (Å²) >= 11 is 5.96. The maximum atomic E-state index is 12.9. The predicted molar refractivity (Wildman–Crippen MR) is 169 cm³/mol. The lowest BCUT2D eigenvalue weighted by molar-refractivity contribution is -0.121. The Labute approximate surface area is 266 Å². The summed E-state index contributed by atoms with van der Waals surface area (Å²) in [6.07, 6.45) is 6.51. The van der Waals surface area contributed by atoms with Gasteiger partial charge in [-0.05, 0) is 42.4 Å². The number of likely N-dealkylation sites (tertiary alicyclic amines) is 1. The van der Waals surface area contributed by atoms with Crippen molar-refractivity contribution in [3.8, 4) is 22.9 Å². The van der Waals surface area contributed by atoms with Gasteiger partial charge >= 0.3 is 0 Å². The molecule has 0 unspecified atom stereocenters. The third-order valence-electron chi connectivity index (χ3n) is 9.04. The van der Waals surface area contributed by atoms with Crippen LogP contribution in [0.25, 0.3) is 22.2 Å². The minimum Gasteiger partial charge on any atom is -0.482 e. The number of carbonyl (C=O) groups is 1. The molecule has 3 aliphatic rings. The van der Waals surface area contributed by atoms with Crippen molar-refractivity contribution in [2.75, 3.05) is 37.8 Å². The Morgan fingerprint density at radius 3 is 2.67 bits per heavy atom. The van der Waals surface area contributed by atoms with Crippen LogP contribution in [0.15, 0.2) is 36.8 Å². The smallest absolute Gasteiger partial charge is 0.265 e. The minimum atomic E-state index is -0.191. The van der Waals surface area contributed by atoms with Gasteiger partial charge in [-0.25, -0.2) is 19.6 Å². The van der Waals surface area contributed by atoms with Gasteiger partial charge in [0.1, 0.15) is 17.6 Å². The number of ether oxygens (including phenoxy) is 2. The number of rotatable bonds is 7. The van der Waals surface area contributed by atoms with Crippen LogP contribution >= 0.6 is 11.6 Å². The molecule has 0 aliphatic carbocycles. The van der Waals surface area contributed by atoms with Crippen molar-refractivity contribution >= 4 is 34.2 Å². The zero-order valence-electron chi connectivity index (χ0n) is 25.6. The zero-order valence-corrected chi connectivity index (χ0v) is 26.4. The summed E-state index contributed by atoms with van der Waals surface area (Å²) in [4.78, 5) is 30.7. The highest BCUT2D eigenvalue weighted by atomic mass is 35.5. The van der Waals surface area contributed by atoms with Crippen LogP contribution in [-0.2, 0) is 22.5 Å². The number of hydrogen-bond donors (Lipinski definition) is 0. The summed E-state index contributed by atoms with van der Waals surface area (Å²) in [6, 6.07) is 8.88. The topological polar surface area (TPSA) is 122 Å². The minimum absolute atomic E-state index is 0.110. The van der Waals surface area contributed by atoms with Gasteiger partial charge in [0.05, 0.1) is 60.0 Å². The van der Waals surface area contributed by atoms with E-state index in [1.165, 1.54) is 12.4 Å². The molecule has 2 atom stereocenters. The number of anilines is 1. The molecule has 7 rings (SSSR count). The van der Waals surface area contributed by atoms with E-state index in [4.69, 9.17) is 31.2 Å². The average Bonchev–Trinajstić information content (AvgIpc) is 3.40. The van der Waals surface area contributed by atoms with Gasteiger partial charge < -0.3 is 9.47 Å². The molecular weight excluding hydrogens is 592 g/mol. The third-order valence-corrected chi connectivity index (χ3v) is 9.23. The lowest BCUT2D eigenvalue weighted by Crippen LogP contribution is -2.54. The normalized spacial score (nSPS) is 20.6. The average molecular weight is 627 g/mol. The lowest BCUT2D eigenvalue weighted by Gasteiger charge is -2.44. The standard InChI is InChI=1S/C33H35ClN8O3/c1-19(2)8-26-24(10-35)32(25-13-38-42(33(25)39-26)27-6-7-40(14-20(27)3)23-16-44-17-23)21-4-5-28-29(9-21)45-18-31(43)41(28)15-30-36-11-22(34)12-37-30/h4-5,9,11-13,19-20,23,27H,6-8,14-18H2,1-3H3/t20-,27-/m1/s1. The first-order chi connectivity index (χ1) is 21.8. The van der Waals surface area contributed by atoms with Crippen LogP contribution in [-0.4, -0.2) is 74.5 Å². The number of piperidine rings is 1. The number of amides is 1. The van der Waals surface area contributed by atoms with Gasteiger partial charge in [0, 0.05) is 36.4 Å². The first-order valence-electron chi connectivity index (χ1n) is 15.5. The molecule has 0 saturated carbocycles. The van der Waals surface area contributed by atoms with Gasteiger partial charge in [0.2, 0.25) is 0 Å². The summed E-state index contributed by atoms with van der Waals surface area (Å²) in [5.74, 6) is 1.51. The highest BCUT2D eigenvalue weighted by Gasteiger charge is 2.36. The van der Waals surface area contributed by atoms with E-state index in [9.17, 15) is 10.1 Å². The fourth-order valence-electron chi connectivity index (χ4n) is 6.69. The van der Waals surface area contributed by atoms with Crippen molar-refractivity contribution in [2.24, 2.45) is 11.8 Å². The van der Waals surface area contributed by atoms with Gasteiger partial charge in [-0.3, -0.25) is 14.6 Å². The summed E-state index contributed by atoms with van der Waals surface area (Å²) in [5.41, 5.74) is 4.33. The lowest BCUT2D eigenvalue weighted by atomic mass is 9.91. The molecule has 232 valence electrons. The van der Waals surface area contributed by atoms with Crippen LogP contribution in [0.1, 0.15) is 50.3 Å². The molecule has 11 nitrogen and oxygen atoms in total. The fourth-order valence-corrected chi connectivity index (χ4v) is 6.79. The SMILES string of the molecule is CC(C)Cc1nc2c(cnn2[C@@H]2CCN(C3COC3)C[C@H]2C)c(-c2ccc3c(c2)OCC(=O)N3Cc2ncc(Cl)cn2)c1C#N. The quantitative estimate of drug-likeness (QED) is 0.284. The van der Waals surface area contributed by atoms with E-state index < -0.39 is 0 Å². The van der Waals surface area contributed by atoms with Crippen molar-refractivity contribution in [3.63, 3.8) is 0 Å². The second-order valence-corrected chi connectivity index (χ2v) is 13.1. The first-order valence-corrected chi connectivity index (χ1v) is 15.8. The summed E-state index contributed by atoms with van der Waals surface area (Å²) in [5, 5.41) is 16.7. The molecule has 2 saturated heterocycles. The van der Waals surface area contributed by atoms with Crippen LogP contribution in [0, 0.1) is 23.2 Å². The fraction of sp³-hybridized carbons (Fsp3) is 0.455. The van der Waals surface area contributed by atoms with E-state index in [-0.39, 0.29) is 25.1 Å². The van der Waals surface area contributed by atoms with Crippen LogP contribution in [0.2, 0.25) is 5.02 Å². The molecule has 2 fully saturated rings. The largest absolute Gasteiger partial charge is 0.482 e. The highest BCUT2D eigenvalue weighted by molar-refractivity contribution is 6.30. The monoisotopic (exact) mass is 626 g/mol. The number of fused-ring (bicyclic) bond motifs is 2. The molecule has 0 bridgehead atoms. The summed E-state index contributed by atoms with van der Waals surface area (Å²) in [7, 11) is 0. The Kier molecular flexibility index (Phi) is 7.89. The van der Waals surface area contributed by atoms with Crippen molar-refractivity contribution in [2.45, 2.75) is 52.2 Å².